The lowest BCUT2D eigenvalue weighted by Gasteiger charge is -2.44. The van der Waals surface area contributed by atoms with Crippen LogP contribution in [0.5, 0.6) is 0 Å². The minimum atomic E-state index is -1.75. The van der Waals surface area contributed by atoms with Crippen LogP contribution in [0.15, 0.2) is 0 Å². The second kappa shape index (κ2) is 7.85. The molecule has 0 bridgehead atoms. The number of aliphatic hydroxyl groups excluding tert-OH is 8. The Morgan fingerprint density at radius 3 is 2.12 bits per heavy atom. The van der Waals surface area contributed by atoms with E-state index in [2.05, 4.69) is 0 Å². The van der Waals surface area contributed by atoms with E-state index in [0.717, 1.165) is 0 Å². The first-order valence-corrected chi connectivity index (χ1v) is 7.49. The predicted molar refractivity (Wildman–Crippen MR) is 73.3 cm³/mol. The SMILES string of the molecule is OCC1O[C@H](OCC2(CO)CC(O)C(O)[C@H](O)O2)C(O)C(O)[C@H]1O. The average molecular weight is 356 g/mol. The third-order valence-corrected chi connectivity index (χ3v) is 4.29. The lowest BCUT2D eigenvalue weighted by Crippen LogP contribution is -2.62. The zero-order valence-corrected chi connectivity index (χ0v) is 12.7. The van der Waals surface area contributed by atoms with E-state index < -0.39 is 74.6 Å². The average Bonchev–Trinajstić information content (AvgIpc) is 2.57. The number of hydrogen-bond donors (Lipinski definition) is 8. The molecule has 24 heavy (non-hydrogen) atoms. The van der Waals surface area contributed by atoms with Crippen molar-refractivity contribution in [3.63, 3.8) is 0 Å². The van der Waals surface area contributed by atoms with Crippen molar-refractivity contribution >= 4 is 0 Å². The van der Waals surface area contributed by atoms with Crippen molar-refractivity contribution in [2.75, 3.05) is 19.8 Å². The van der Waals surface area contributed by atoms with Gasteiger partial charge in [0.2, 0.25) is 0 Å². The number of hydrogen-bond acceptors (Lipinski definition) is 11. The largest absolute Gasteiger partial charge is 0.394 e. The molecule has 0 spiro atoms. The van der Waals surface area contributed by atoms with Crippen LogP contribution in [0.2, 0.25) is 0 Å². The second-order valence-corrected chi connectivity index (χ2v) is 6.12. The summed E-state index contributed by atoms with van der Waals surface area (Å²) in [6.07, 6.45) is -12.4. The Kier molecular flexibility index (Phi) is 6.50. The van der Waals surface area contributed by atoms with Crippen molar-refractivity contribution in [3.05, 3.63) is 0 Å². The van der Waals surface area contributed by atoms with Gasteiger partial charge >= 0.3 is 0 Å². The van der Waals surface area contributed by atoms with Gasteiger partial charge in [-0.25, -0.2) is 0 Å². The second-order valence-electron chi connectivity index (χ2n) is 6.12. The Hall–Kier alpha value is -0.440. The van der Waals surface area contributed by atoms with Gasteiger partial charge in [-0.15, -0.1) is 0 Å². The van der Waals surface area contributed by atoms with E-state index in [9.17, 15) is 35.7 Å². The molecule has 0 saturated carbocycles. The van der Waals surface area contributed by atoms with Crippen molar-refractivity contribution in [3.8, 4) is 0 Å². The van der Waals surface area contributed by atoms with Crippen LogP contribution in [0, 0.1) is 0 Å². The molecule has 8 N–H and O–H groups in total. The molecule has 2 heterocycles. The molecule has 0 aliphatic carbocycles. The van der Waals surface area contributed by atoms with Crippen molar-refractivity contribution in [2.45, 2.75) is 61.2 Å². The predicted octanol–water partition coefficient (Wildman–Crippen LogP) is -5.01. The highest BCUT2D eigenvalue weighted by molar-refractivity contribution is 4.93. The van der Waals surface area contributed by atoms with Crippen LogP contribution in [0.1, 0.15) is 6.42 Å². The Labute approximate surface area is 137 Å². The topological polar surface area (TPSA) is 190 Å². The van der Waals surface area contributed by atoms with Crippen LogP contribution in [-0.4, -0.2) is 115 Å². The first-order valence-electron chi connectivity index (χ1n) is 7.49. The summed E-state index contributed by atoms with van der Waals surface area (Å²) < 4.78 is 15.5. The Balaban J connectivity index is 2.02. The van der Waals surface area contributed by atoms with Gasteiger partial charge in [0.25, 0.3) is 0 Å². The summed E-state index contributed by atoms with van der Waals surface area (Å²) in [6.45, 7) is -1.77. The Bertz CT molecular complexity index is 393. The van der Waals surface area contributed by atoms with Crippen molar-refractivity contribution in [1.82, 2.24) is 0 Å². The normalized spacial score (nSPS) is 50.0. The zero-order chi connectivity index (χ0) is 18.1. The molecule has 0 amide bonds. The summed E-state index contributed by atoms with van der Waals surface area (Å²) in [5.41, 5.74) is -1.57. The first kappa shape index (κ1) is 19.9. The van der Waals surface area contributed by atoms with Crippen LogP contribution in [-0.2, 0) is 14.2 Å². The molecule has 11 heteroatoms. The molecular weight excluding hydrogens is 332 g/mol. The molecular formula is C13H24O11. The molecule has 0 radical (unpaired) electrons. The highest BCUT2D eigenvalue weighted by Crippen LogP contribution is 2.30. The van der Waals surface area contributed by atoms with Gasteiger partial charge < -0.3 is 55.1 Å². The van der Waals surface area contributed by atoms with E-state index in [4.69, 9.17) is 19.3 Å². The van der Waals surface area contributed by atoms with Gasteiger partial charge in [-0.1, -0.05) is 0 Å². The maximum absolute atomic E-state index is 9.87. The number of aliphatic hydroxyl groups is 8. The van der Waals surface area contributed by atoms with Gasteiger partial charge in [0.15, 0.2) is 12.6 Å². The van der Waals surface area contributed by atoms with Crippen molar-refractivity contribution in [1.29, 1.82) is 0 Å². The van der Waals surface area contributed by atoms with Gasteiger partial charge in [0.1, 0.15) is 36.1 Å². The van der Waals surface area contributed by atoms with Gasteiger partial charge in [-0.3, -0.25) is 0 Å². The highest BCUT2D eigenvalue weighted by atomic mass is 16.7. The Morgan fingerprint density at radius 1 is 0.917 bits per heavy atom. The fourth-order valence-corrected chi connectivity index (χ4v) is 2.75. The van der Waals surface area contributed by atoms with E-state index in [1.165, 1.54) is 0 Å². The summed E-state index contributed by atoms with van der Waals surface area (Å²) in [7, 11) is 0. The highest BCUT2D eigenvalue weighted by Gasteiger charge is 2.48. The molecule has 2 aliphatic rings. The van der Waals surface area contributed by atoms with Crippen molar-refractivity contribution < 1.29 is 55.1 Å². The van der Waals surface area contributed by atoms with Gasteiger partial charge in [0.05, 0.1) is 25.9 Å². The summed E-state index contributed by atoms with van der Waals surface area (Å²) in [6, 6.07) is 0. The fourth-order valence-electron chi connectivity index (χ4n) is 2.75. The van der Waals surface area contributed by atoms with Crippen LogP contribution in [0.4, 0.5) is 0 Å². The number of ether oxygens (including phenoxy) is 3. The molecule has 142 valence electrons. The molecule has 2 fully saturated rings. The van der Waals surface area contributed by atoms with Crippen LogP contribution >= 0.6 is 0 Å². The summed E-state index contributed by atoms with van der Waals surface area (Å²) >= 11 is 0. The summed E-state index contributed by atoms with van der Waals surface area (Å²) in [5, 5.41) is 76.6. The van der Waals surface area contributed by atoms with E-state index in [-0.39, 0.29) is 6.42 Å². The van der Waals surface area contributed by atoms with E-state index in [0.29, 0.717) is 0 Å². The van der Waals surface area contributed by atoms with E-state index >= 15 is 0 Å². The van der Waals surface area contributed by atoms with Gasteiger partial charge in [-0.05, 0) is 0 Å². The van der Waals surface area contributed by atoms with E-state index in [1.54, 1.807) is 0 Å². The maximum Gasteiger partial charge on any atom is 0.186 e. The monoisotopic (exact) mass is 356 g/mol. The van der Waals surface area contributed by atoms with Crippen molar-refractivity contribution in [2.24, 2.45) is 0 Å². The van der Waals surface area contributed by atoms with Crippen LogP contribution in [0.25, 0.3) is 0 Å². The molecule has 0 aromatic rings. The summed E-state index contributed by atoms with van der Waals surface area (Å²) in [4.78, 5) is 0. The molecule has 9 atom stereocenters. The lowest BCUT2D eigenvalue weighted by molar-refractivity contribution is -0.336. The number of rotatable bonds is 5. The minimum Gasteiger partial charge on any atom is -0.394 e. The molecule has 2 aliphatic heterocycles. The molecule has 0 aromatic heterocycles. The van der Waals surface area contributed by atoms with E-state index in [1.807, 2.05) is 0 Å². The zero-order valence-electron chi connectivity index (χ0n) is 12.7. The quantitative estimate of drug-likeness (QED) is 0.235. The van der Waals surface area contributed by atoms with Gasteiger partial charge in [-0.2, -0.15) is 0 Å². The van der Waals surface area contributed by atoms with Crippen LogP contribution < -0.4 is 0 Å². The molecule has 11 nitrogen and oxygen atoms in total. The maximum atomic E-state index is 9.87. The fraction of sp³-hybridized carbons (Fsp3) is 1.00. The smallest absolute Gasteiger partial charge is 0.186 e. The first-order chi connectivity index (χ1) is 11.2. The molecule has 2 saturated heterocycles. The summed E-state index contributed by atoms with van der Waals surface area (Å²) in [5.74, 6) is 0. The lowest BCUT2D eigenvalue weighted by atomic mass is 9.91. The molecule has 6 unspecified atom stereocenters. The van der Waals surface area contributed by atoms with Crippen LogP contribution in [0.3, 0.4) is 0 Å². The minimum absolute atomic E-state index is 0.265. The molecule has 2 rings (SSSR count). The third-order valence-electron chi connectivity index (χ3n) is 4.29. The third kappa shape index (κ3) is 3.86. The molecule has 0 aromatic carbocycles. The standard InChI is InChI=1S/C13H24O11/c14-2-6-8(18)9(19)10(20)12(23-6)22-4-13(3-15)1-5(16)7(17)11(21)24-13/h5-12,14-21H,1-4H2/t5?,6?,7?,8-,9?,10?,11+,12-,13?/m0/s1. The van der Waals surface area contributed by atoms with Gasteiger partial charge in [0, 0.05) is 6.42 Å². The Morgan fingerprint density at radius 2 is 1.58 bits per heavy atom.